The maximum absolute atomic E-state index is 6.57. The number of para-hydroxylation sites is 2. The van der Waals surface area contributed by atoms with Crippen LogP contribution in [0.25, 0.3) is 77.9 Å². The van der Waals surface area contributed by atoms with Gasteiger partial charge in [0, 0.05) is 39.4 Å². The van der Waals surface area contributed by atoms with Crippen molar-refractivity contribution in [1.29, 1.82) is 0 Å². The first-order valence-corrected chi connectivity index (χ1v) is 19.1. The lowest BCUT2D eigenvalue weighted by Gasteiger charge is -2.23. The van der Waals surface area contributed by atoms with Crippen LogP contribution in [0.4, 0.5) is 0 Å². The molecule has 0 N–H and O–H groups in total. The Labute approximate surface area is 317 Å². The smallest absolute Gasteiger partial charge is 0.227 e. The van der Waals surface area contributed by atoms with Crippen LogP contribution >= 0.6 is 0 Å². The maximum Gasteiger partial charge on any atom is 0.227 e. The van der Waals surface area contributed by atoms with Crippen LogP contribution in [0, 0.1) is 10.8 Å². The van der Waals surface area contributed by atoms with Crippen LogP contribution in [-0.4, -0.2) is 9.55 Å². The molecule has 3 nitrogen and oxygen atoms in total. The zero-order valence-corrected chi connectivity index (χ0v) is 31.2. The number of allylic oxidation sites excluding steroid dienone is 4. The second-order valence-corrected chi connectivity index (χ2v) is 15.8. The Bertz CT molecular complexity index is 2750. The summed E-state index contributed by atoms with van der Waals surface area (Å²) in [6.45, 7) is 9.03. The lowest BCUT2D eigenvalue weighted by molar-refractivity contribution is 0.450. The first-order chi connectivity index (χ1) is 26.3. The molecule has 6 aromatic carbocycles. The molecule has 10 rings (SSSR count). The Kier molecular flexibility index (Phi) is 7.32. The number of hydrogen-bond acceptors (Lipinski definition) is 2. The third-order valence-electron chi connectivity index (χ3n) is 12.3. The van der Waals surface area contributed by atoms with Gasteiger partial charge in [-0.3, -0.25) is 0 Å². The molecule has 1 atom stereocenters. The van der Waals surface area contributed by atoms with Gasteiger partial charge in [0.05, 0.1) is 16.7 Å². The molecule has 54 heavy (non-hydrogen) atoms. The Balaban J connectivity index is 0.983. The van der Waals surface area contributed by atoms with Crippen LogP contribution in [0.3, 0.4) is 0 Å². The van der Waals surface area contributed by atoms with Crippen molar-refractivity contribution in [2.45, 2.75) is 40.5 Å². The zero-order valence-electron chi connectivity index (χ0n) is 31.2. The second-order valence-electron chi connectivity index (χ2n) is 15.8. The van der Waals surface area contributed by atoms with Crippen LogP contribution in [0.15, 0.2) is 168 Å². The molecule has 1 spiro atoms. The highest BCUT2D eigenvalue weighted by Gasteiger charge is 2.61. The SMILES string of the molecule is C/C=C(\C)C1=CC2(Cc3nc(-c4ccc(-c5ccccc5-c5ccccc5-c5ccc(-n6c7ccccc7c7ccccc76)cc5)cc4)oc31)CC2(C)C. The van der Waals surface area contributed by atoms with Crippen LogP contribution in [-0.2, 0) is 6.42 Å². The van der Waals surface area contributed by atoms with E-state index < -0.39 is 0 Å². The number of fused-ring (bicyclic) bond motifs is 4. The molecule has 1 unspecified atom stereocenters. The third kappa shape index (κ3) is 5.06. The van der Waals surface area contributed by atoms with Crippen molar-refractivity contribution in [2.75, 3.05) is 0 Å². The molecular formula is C51H42N2O. The van der Waals surface area contributed by atoms with E-state index in [1.807, 2.05) is 0 Å². The van der Waals surface area contributed by atoms with Crippen LogP contribution < -0.4 is 0 Å². The highest BCUT2D eigenvalue weighted by atomic mass is 16.4. The van der Waals surface area contributed by atoms with E-state index in [1.54, 1.807) is 0 Å². The van der Waals surface area contributed by atoms with E-state index in [1.165, 1.54) is 67.2 Å². The van der Waals surface area contributed by atoms with Gasteiger partial charge in [0.2, 0.25) is 5.89 Å². The molecule has 262 valence electrons. The first-order valence-electron chi connectivity index (χ1n) is 19.1. The fourth-order valence-electron chi connectivity index (χ4n) is 8.96. The van der Waals surface area contributed by atoms with Crippen LogP contribution in [0.1, 0.15) is 45.6 Å². The summed E-state index contributed by atoms with van der Waals surface area (Å²) in [5.74, 6) is 1.63. The third-order valence-corrected chi connectivity index (χ3v) is 12.3. The summed E-state index contributed by atoms with van der Waals surface area (Å²) in [6, 6.07) is 52.6. The summed E-state index contributed by atoms with van der Waals surface area (Å²) in [5.41, 5.74) is 15.7. The molecule has 0 bridgehead atoms. The summed E-state index contributed by atoms with van der Waals surface area (Å²) in [5, 5.41) is 2.54. The molecule has 0 radical (unpaired) electrons. The highest BCUT2D eigenvalue weighted by molar-refractivity contribution is 6.09. The second kappa shape index (κ2) is 12.2. The van der Waals surface area contributed by atoms with Crippen LogP contribution in [0.2, 0.25) is 0 Å². The van der Waals surface area contributed by atoms with Gasteiger partial charge >= 0.3 is 0 Å². The summed E-state index contributed by atoms with van der Waals surface area (Å²) < 4.78 is 8.94. The van der Waals surface area contributed by atoms with E-state index in [9.17, 15) is 0 Å². The highest BCUT2D eigenvalue weighted by Crippen LogP contribution is 2.68. The Morgan fingerprint density at radius 2 is 1.11 bits per heavy atom. The van der Waals surface area contributed by atoms with Crippen molar-refractivity contribution in [1.82, 2.24) is 9.55 Å². The van der Waals surface area contributed by atoms with Crippen molar-refractivity contribution >= 4 is 27.4 Å². The number of hydrogen-bond donors (Lipinski definition) is 0. The molecule has 3 heteroatoms. The summed E-state index contributed by atoms with van der Waals surface area (Å²) in [6.07, 6.45) is 6.77. The molecule has 0 amide bonds. The maximum atomic E-state index is 6.57. The van der Waals surface area contributed by atoms with Gasteiger partial charge in [-0.05, 0) is 101 Å². The van der Waals surface area contributed by atoms with E-state index in [0.29, 0.717) is 5.89 Å². The molecule has 1 fully saturated rings. The van der Waals surface area contributed by atoms with Gasteiger partial charge in [0.15, 0.2) is 5.76 Å². The lowest BCUT2D eigenvalue weighted by atomic mass is 9.81. The molecule has 2 aliphatic carbocycles. The summed E-state index contributed by atoms with van der Waals surface area (Å²) in [4.78, 5) is 5.12. The van der Waals surface area contributed by atoms with Gasteiger partial charge in [0.1, 0.15) is 0 Å². The van der Waals surface area contributed by atoms with Gasteiger partial charge < -0.3 is 8.98 Å². The fourth-order valence-corrected chi connectivity index (χ4v) is 8.96. The van der Waals surface area contributed by atoms with Gasteiger partial charge in [-0.15, -0.1) is 0 Å². The minimum atomic E-state index is 0.173. The van der Waals surface area contributed by atoms with Gasteiger partial charge in [-0.1, -0.05) is 135 Å². The normalized spacial score (nSPS) is 17.6. The Morgan fingerprint density at radius 3 is 1.65 bits per heavy atom. The van der Waals surface area contributed by atoms with E-state index in [-0.39, 0.29) is 10.8 Å². The molecule has 2 aromatic heterocycles. The Morgan fingerprint density at radius 1 is 0.630 bits per heavy atom. The average Bonchev–Trinajstić information content (AvgIpc) is 3.49. The van der Waals surface area contributed by atoms with Gasteiger partial charge in [0.25, 0.3) is 0 Å². The minimum Gasteiger partial charge on any atom is -0.436 e. The molecule has 2 aliphatic rings. The van der Waals surface area contributed by atoms with Crippen molar-refractivity contribution < 1.29 is 4.42 Å². The number of oxazole rings is 1. The number of rotatable bonds is 6. The quantitative estimate of drug-likeness (QED) is 0.173. The predicted molar refractivity (Wildman–Crippen MR) is 225 cm³/mol. The average molecular weight is 699 g/mol. The summed E-state index contributed by atoms with van der Waals surface area (Å²) >= 11 is 0. The molecule has 0 saturated heterocycles. The van der Waals surface area contributed by atoms with E-state index in [2.05, 4.69) is 190 Å². The van der Waals surface area contributed by atoms with Crippen molar-refractivity contribution in [2.24, 2.45) is 10.8 Å². The van der Waals surface area contributed by atoms with Crippen molar-refractivity contribution in [3.05, 3.63) is 175 Å². The molecule has 0 aliphatic heterocycles. The predicted octanol–water partition coefficient (Wildman–Crippen LogP) is 13.8. The lowest BCUT2D eigenvalue weighted by Crippen LogP contribution is -2.16. The van der Waals surface area contributed by atoms with Crippen molar-refractivity contribution in [3.8, 4) is 50.5 Å². The number of aromatic nitrogens is 2. The zero-order chi connectivity index (χ0) is 36.6. The Hall–Kier alpha value is -6.19. The molecule has 8 aromatic rings. The molecular weight excluding hydrogens is 657 g/mol. The largest absolute Gasteiger partial charge is 0.436 e. The minimum absolute atomic E-state index is 0.173. The number of nitrogens with zero attached hydrogens (tertiary/aromatic N) is 2. The van der Waals surface area contributed by atoms with E-state index >= 15 is 0 Å². The monoisotopic (exact) mass is 698 g/mol. The first kappa shape index (κ1) is 32.5. The van der Waals surface area contributed by atoms with E-state index in [0.717, 1.165) is 34.7 Å². The standard InChI is InChI=1S/C51H42N2O/c1-5-33(2)44-30-51(32-50(51,3)4)31-45-48(44)54-49(52-45)36-24-22-34(23-25-36)38-14-6-8-16-40(38)41-17-9-7-15-39(41)35-26-28-37(29-27-35)53-46-20-12-10-18-42(46)43-19-11-13-21-47(43)53/h5-30H,31-32H2,1-4H3/b33-5+. The van der Waals surface area contributed by atoms with Crippen molar-refractivity contribution in [3.63, 3.8) is 0 Å². The topological polar surface area (TPSA) is 31.0 Å². The van der Waals surface area contributed by atoms with Crippen LogP contribution in [0.5, 0.6) is 0 Å². The molecule has 2 heterocycles. The fraction of sp³-hybridized carbons (Fsp3) is 0.157. The number of benzene rings is 6. The summed E-state index contributed by atoms with van der Waals surface area (Å²) in [7, 11) is 0. The van der Waals surface area contributed by atoms with Gasteiger partial charge in [-0.25, -0.2) is 4.98 Å². The van der Waals surface area contributed by atoms with Gasteiger partial charge in [-0.2, -0.15) is 0 Å². The van der Waals surface area contributed by atoms with E-state index in [4.69, 9.17) is 9.40 Å². The molecule has 1 saturated carbocycles.